The number of benzene rings is 2. The molecule has 2 unspecified atom stereocenters. The molecule has 0 amide bonds. The zero-order valence-corrected chi connectivity index (χ0v) is 15.5. The number of rotatable bonds is 10. The minimum Gasteiger partial charge on any atom is -0.497 e. The number of hydrogen-bond acceptors (Lipinski definition) is 4. The highest BCUT2D eigenvalue weighted by Gasteiger charge is 2.17. The zero-order chi connectivity index (χ0) is 18.9. The minimum absolute atomic E-state index is 0.221. The fourth-order valence-corrected chi connectivity index (χ4v) is 2.62. The molecule has 2 atom stereocenters. The molecule has 0 aromatic heterocycles. The molecule has 0 aliphatic heterocycles. The van der Waals surface area contributed by atoms with Gasteiger partial charge in [-0.2, -0.15) is 0 Å². The van der Waals surface area contributed by atoms with Crippen molar-refractivity contribution in [2.75, 3.05) is 20.3 Å². The van der Waals surface area contributed by atoms with Crippen LogP contribution >= 0.6 is 0 Å². The Balaban J connectivity index is 1.91. The van der Waals surface area contributed by atoms with Crippen LogP contribution in [0.2, 0.25) is 0 Å². The van der Waals surface area contributed by atoms with E-state index < -0.39 is 12.1 Å². The second-order valence-corrected chi connectivity index (χ2v) is 6.12. The summed E-state index contributed by atoms with van der Waals surface area (Å²) >= 11 is 0. The van der Waals surface area contributed by atoms with Gasteiger partial charge in [0.05, 0.1) is 13.7 Å². The van der Waals surface area contributed by atoms with E-state index >= 15 is 0 Å². The van der Waals surface area contributed by atoms with E-state index in [-0.39, 0.29) is 5.92 Å². The second kappa shape index (κ2) is 9.82. The monoisotopic (exact) mass is 358 g/mol. The van der Waals surface area contributed by atoms with Crippen LogP contribution in [0, 0.1) is 0 Å². The molecule has 0 bridgehead atoms. The van der Waals surface area contributed by atoms with Crippen molar-refractivity contribution in [3.63, 3.8) is 0 Å². The lowest BCUT2D eigenvalue weighted by atomic mass is 10.0. The van der Waals surface area contributed by atoms with Crippen molar-refractivity contribution in [2.24, 2.45) is 0 Å². The molecule has 2 rings (SSSR count). The van der Waals surface area contributed by atoms with Crippen LogP contribution in [-0.4, -0.2) is 37.5 Å². The predicted octanol–water partition coefficient (Wildman–Crippen LogP) is 3.91. The molecule has 26 heavy (non-hydrogen) atoms. The fraction of sp³-hybridized carbons (Fsp3) is 0.381. The molecule has 0 aliphatic rings. The molecule has 2 aromatic rings. The summed E-state index contributed by atoms with van der Waals surface area (Å²) in [5, 5.41) is 9.15. The SMILES string of the molecule is CCOC(Cc1ccc(OCC(C)c2cccc(OC)c2)cc1)C(=O)O. The first-order valence-corrected chi connectivity index (χ1v) is 8.73. The highest BCUT2D eigenvalue weighted by atomic mass is 16.5. The van der Waals surface area contributed by atoms with Gasteiger partial charge in [-0.05, 0) is 42.3 Å². The Morgan fingerprint density at radius 2 is 1.85 bits per heavy atom. The van der Waals surface area contributed by atoms with Crippen molar-refractivity contribution in [3.8, 4) is 11.5 Å². The summed E-state index contributed by atoms with van der Waals surface area (Å²) in [6.45, 7) is 4.81. The highest BCUT2D eigenvalue weighted by Crippen LogP contribution is 2.22. The average Bonchev–Trinajstić information content (AvgIpc) is 2.66. The molecule has 0 aliphatic carbocycles. The first-order valence-electron chi connectivity index (χ1n) is 8.73. The first kappa shape index (κ1) is 19.8. The van der Waals surface area contributed by atoms with Crippen LogP contribution in [0.4, 0.5) is 0 Å². The van der Waals surface area contributed by atoms with Gasteiger partial charge in [0, 0.05) is 18.9 Å². The highest BCUT2D eigenvalue weighted by molar-refractivity contribution is 5.72. The van der Waals surface area contributed by atoms with Gasteiger partial charge in [0.1, 0.15) is 11.5 Å². The Morgan fingerprint density at radius 1 is 1.12 bits per heavy atom. The number of carboxylic acids is 1. The lowest BCUT2D eigenvalue weighted by Gasteiger charge is -2.15. The van der Waals surface area contributed by atoms with Crippen LogP contribution in [0.5, 0.6) is 11.5 Å². The second-order valence-electron chi connectivity index (χ2n) is 6.12. The zero-order valence-electron chi connectivity index (χ0n) is 15.5. The van der Waals surface area contributed by atoms with E-state index in [4.69, 9.17) is 19.3 Å². The standard InChI is InChI=1S/C21H26O5/c1-4-25-20(21(22)23)12-16-8-10-18(11-9-16)26-14-15(2)17-6-5-7-19(13-17)24-3/h5-11,13,15,20H,4,12,14H2,1-3H3,(H,22,23). The van der Waals surface area contributed by atoms with Crippen LogP contribution in [0.15, 0.2) is 48.5 Å². The van der Waals surface area contributed by atoms with E-state index in [1.807, 2.05) is 42.5 Å². The Bertz CT molecular complexity index is 696. The Hall–Kier alpha value is -2.53. The molecule has 0 radical (unpaired) electrons. The van der Waals surface area contributed by atoms with E-state index in [1.165, 1.54) is 0 Å². The van der Waals surface area contributed by atoms with E-state index in [0.29, 0.717) is 19.6 Å². The van der Waals surface area contributed by atoms with E-state index in [0.717, 1.165) is 22.6 Å². The van der Waals surface area contributed by atoms with Gasteiger partial charge in [-0.1, -0.05) is 31.2 Å². The maximum absolute atomic E-state index is 11.2. The van der Waals surface area contributed by atoms with Crippen molar-refractivity contribution in [1.29, 1.82) is 0 Å². The van der Waals surface area contributed by atoms with Crippen molar-refractivity contribution < 1.29 is 24.1 Å². The third-order valence-corrected chi connectivity index (χ3v) is 4.15. The number of methoxy groups -OCH3 is 1. The van der Waals surface area contributed by atoms with Crippen molar-refractivity contribution in [2.45, 2.75) is 32.3 Å². The van der Waals surface area contributed by atoms with E-state index in [1.54, 1.807) is 14.0 Å². The molecule has 0 fully saturated rings. The number of hydrogen-bond donors (Lipinski definition) is 1. The molecule has 0 saturated carbocycles. The van der Waals surface area contributed by atoms with Gasteiger partial charge in [0.2, 0.25) is 0 Å². The van der Waals surface area contributed by atoms with Crippen molar-refractivity contribution in [1.82, 2.24) is 0 Å². The normalized spacial score (nSPS) is 13.0. The molecule has 2 aromatic carbocycles. The van der Waals surface area contributed by atoms with Crippen LogP contribution in [0.3, 0.4) is 0 Å². The van der Waals surface area contributed by atoms with Crippen molar-refractivity contribution in [3.05, 3.63) is 59.7 Å². The molecule has 0 spiro atoms. The lowest BCUT2D eigenvalue weighted by Crippen LogP contribution is -2.26. The fourth-order valence-electron chi connectivity index (χ4n) is 2.62. The largest absolute Gasteiger partial charge is 0.497 e. The molecular formula is C21H26O5. The molecule has 140 valence electrons. The van der Waals surface area contributed by atoms with E-state index in [9.17, 15) is 4.79 Å². The third-order valence-electron chi connectivity index (χ3n) is 4.15. The van der Waals surface area contributed by atoms with Gasteiger partial charge in [-0.25, -0.2) is 4.79 Å². The Kier molecular flexibility index (Phi) is 7.48. The summed E-state index contributed by atoms with van der Waals surface area (Å²) in [5.74, 6) is 0.867. The Morgan fingerprint density at radius 3 is 2.46 bits per heavy atom. The van der Waals surface area contributed by atoms with E-state index in [2.05, 4.69) is 13.0 Å². The summed E-state index contributed by atoms with van der Waals surface area (Å²) in [6, 6.07) is 15.4. The van der Waals surface area contributed by atoms with Gasteiger partial charge in [-0.15, -0.1) is 0 Å². The average molecular weight is 358 g/mol. The summed E-state index contributed by atoms with van der Waals surface area (Å²) in [5.41, 5.74) is 2.06. The maximum Gasteiger partial charge on any atom is 0.333 e. The van der Waals surface area contributed by atoms with Crippen LogP contribution in [-0.2, 0) is 16.0 Å². The minimum atomic E-state index is -0.945. The van der Waals surface area contributed by atoms with Gasteiger partial charge >= 0.3 is 5.97 Å². The topological polar surface area (TPSA) is 65.0 Å². The third kappa shape index (κ3) is 5.77. The van der Waals surface area contributed by atoms with Gasteiger partial charge < -0.3 is 19.3 Å². The number of ether oxygens (including phenoxy) is 3. The molecule has 5 heteroatoms. The number of aliphatic carboxylic acids is 1. The molecule has 1 N–H and O–H groups in total. The van der Waals surface area contributed by atoms with Crippen LogP contribution in [0.25, 0.3) is 0 Å². The predicted molar refractivity (Wildman–Crippen MR) is 100 cm³/mol. The summed E-state index contributed by atoms with van der Waals surface area (Å²) in [4.78, 5) is 11.2. The summed E-state index contributed by atoms with van der Waals surface area (Å²) in [6.07, 6.45) is -0.483. The van der Waals surface area contributed by atoms with Gasteiger partial charge in [-0.3, -0.25) is 0 Å². The smallest absolute Gasteiger partial charge is 0.333 e. The van der Waals surface area contributed by atoms with Crippen molar-refractivity contribution >= 4 is 5.97 Å². The maximum atomic E-state index is 11.2. The molecule has 0 saturated heterocycles. The van der Waals surface area contributed by atoms with Crippen LogP contribution in [0.1, 0.15) is 30.9 Å². The Labute approximate surface area is 154 Å². The summed E-state index contributed by atoms with van der Waals surface area (Å²) < 4.78 is 16.4. The molecule has 5 nitrogen and oxygen atoms in total. The summed E-state index contributed by atoms with van der Waals surface area (Å²) in [7, 11) is 1.66. The number of carbonyl (C=O) groups is 1. The quantitative estimate of drug-likeness (QED) is 0.697. The molecule has 0 heterocycles. The molecular weight excluding hydrogens is 332 g/mol. The van der Waals surface area contributed by atoms with Gasteiger partial charge in [0.25, 0.3) is 0 Å². The number of carboxylic acid groups (broad SMARTS) is 1. The van der Waals surface area contributed by atoms with Gasteiger partial charge in [0.15, 0.2) is 6.10 Å². The lowest BCUT2D eigenvalue weighted by molar-refractivity contribution is -0.149. The van der Waals surface area contributed by atoms with Crippen LogP contribution < -0.4 is 9.47 Å². The first-order chi connectivity index (χ1) is 12.5.